The van der Waals surface area contributed by atoms with Crippen molar-refractivity contribution in [1.29, 1.82) is 0 Å². The van der Waals surface area contributed by atoms with Crippen molar-refractivity contribution in [1.82, 2.24) is 5.43 Å². The van der Waals surface area contributed by atoms with Crippen molar-refractivity contribution in [2.75, 3.05) is 11.9 Å². The van der Waals surface area contributed by atoms with E-state index >= 15 is 0 Å². The first-order chi connectivity index (χ1) is 14.9. The molecule has 3 aromatic carbocycles. The summed E-state index contributed by atoms with van der Waals surface area (Å²) in [5, 5.41) is 7.35. The normalized spacial score (nSPS) is 10.7. The highest BCUT2D eigenvalue weighted by Gasteiger charge is 2.07. The molecule has 0 unspecified atom stereocenters. The number of nitrogens with zero attached hydrogens (tertiary/aromatic N) is 1. The Labute approximate surface area is 202 Å². The number of nitrogens with one attached hydrogen (secondary N) is 2. The van der Waals surface area contributed by atoms with Crippen LogP contribution in [0.1, 0.15) is 15.9 Å². The number of hydrogen-bond donors (Lipinski definition) is 2. The van der Waals surface area contributed by atoms with Crippen molar-refractivity contribution in [3.8, 4) is 5.75 Å². The average molecular weight is 568 g/mol. The van der Waals surface area contributed by atoms with Crippen molar-refractivity contribution in [3.63, 3.8) is 0 Å². The van der Waals surface area contributed by atoms with E-state index in [1.165, 1.54) is 12.3 Å². The lowest BCUT2D eigenvalue weighted by atomic mass is 10.2. The van der Waals surface area contributed by atoms with Crippen LogP contribution in [0.4, 0.5) is 5.69 Å². The zero-order chi connectivity index (χ0) is 22.2. The Morgan fingerprint density at radius 1 is 0.968 bits per heavy atom. The quantitative estimate of drug-likeness (QED) is 0.228. The molecule has 0 fully saturated rings. The second-order valence-corrected chi connectivity index (χ2v) is 8.30. The van der Waals surface area contributed by atoms with E-state index in [0.717, 1.165) is 9.13 Å². The number of anilines is 1. The van der Waals surface area contributed by atoms with Gasteiger partial charge in [0.25, 0.3) is 11.8 Å². The van der Waals surface area contributed by atoms with Gasteiger partial charge in [-0.3, -0.25) is 9.59 Å². The number of benzene rings is 3. The molecule has 0 aliphatic rings. The molecular weight excluding hydrogens is 552 g/mol. The fourth-order valence-electron chi connectivity index (χ4n) is 2.40. The number of hydrazone groups is 1. The summed E-state index contributed by atoms with van der Waals surface area (Å²) in [4.78, 5) is 24.0. The Bertz CT molecular complexity index is 1100. The topological polar surface area (TPSA) is 79.8 Å². The van der Waals surface area contributed by atoms with Crippen molar-refractivity contribution in [3.05, 3.63) is 91.5 Å². The van der Waals surface area contributed by atoms with Crippen molar-refractivity contribution < 1.29 is 14.3 Å². The molecule has 158 valence electrons. The predicted molar refractivity (Wildman–Crippen MR) is 131 cm³/mol. The summed E-state index contributed by atoms with van der Waals surface area (Å²) in [5.74, 6) is -0.125. The zero-order valence-electron chi connectivity index (χ0n) is 15.9. The molecule has 6 nitrogen and oxygen atoms in total. The molecular formula is C22H16Cl2IN3O3. The van der Waals surface area contributed by atoms with Crippen LogP contribution in [0.5, 0.6) is 5.75 Å². The fourth-order valence-corrected chi connectivity index (χ4v) is 3.05. The molecule has 0 bridgehead atoms. The molecule has 0 atom stereocenters. The largest absolute Gasteiger partial charge is 0.484 e. The Hall–Kier alpha value is -2.62. The van der Waals surface area contributed by atoms with Crippen LogP contribution < -0.4 is 15.5 Å². The van der Waals surface area contributed by atoms with Gasteiger partial charge in [-0.25, -0.2) is 5.43 Å². The van der Waals surface area contributed by atoms with Gasteiger partial charge in [0.05, 0.1) is 16.3 Å². The van der Waals surface area contributed by atoms with Crippen molar-refractivity contribution in [2.24, 2.45) is 5.10 Å². The molecule has 31 heavy (non-hydrogen) atoms. The molecule has 0 spiro atoms. The summed E-state index contributed by atoms with van der Waals surface area (Å²) in [5.41, 5.74) is 4.22. The zero-order valence-corrected chi connectivity index (χ0v) is 19.6. The van der Waals surface area contributed by atoms with Gasteiger partial charge in [-0.1, -0.05) is 23.2 Å². The monoisotopic (exact) mass is 567 g/mol. The molecule has 0 radical (unpaired) electrons. The van der Waals surface area contributed by atoms with Gasteiger partial charge in [-0.05, 0) is 94.9 Å². The molecule has 0 saturated carbocycles. The first-order valence-electron chi connectivity index (χ1n) is 8.97. The van der Waals surface area contributed by atoms with Crippen LogP contribution in [0, 0.1) is 3.57 Å². The highest BCUT2D eigenvalue weighted by Crippen LogP contribution is 2.22. The first kappa shape index (κ1) is 23.1. The van der Waals surface area contributed by atoms with Gasteiger partial charge in [0.2, 0.25) is 0 Å². The Kier molecular flexibility index (Phi) is 8.27. The number of carbonyl (C=O) groups excluding carboxylic acids is 2. The maximum absolute atomic E-state index is 12.1. The third-order valence-electron chi connectivity index (χ3n) is 3.94. The average Bonchev–Trinajstić information content (AvgIpc) is 2.76. The van der Waals surface area contributed by atoms with Crippen molar-refractivity contribution >= 4 is 69.5 Å². The van der Waals surface area contributed by atoms with Crippen LogP contribution in [0.3, 0.4) is 0 Å². The smallest absolute Gasteiger partial charge is 0.271 e. The lowest BCUT2D eigenvalue weighted by Crippen LogP contribution is -2.20. The van der Waals surface area contributed by atoms with Crippen LogP contribution in [0.2, 0.25) is 10.0 Å². The van der Waals surface area contributed by atoms with Gasteiger partial charge in [0, 0.05) is 14.8 Å². The van der Waals surface area contributed by atoms with E-state index in [2.05, 4.69) is 38.4 Å². The summed E-state index contributed by atoms with van der Waals surface area (Å²) in [6, 6.07) is 19.0. The Morgan fingerprint density at radius 3 is 2.35 bits per heavy atom. The SMILES string of the molecule is O=C(COc1ccc(/C=N\NC(=O)c2ccc(Cl)c(Cl)c2)cc1)Nc1ccc(I)cc1. The van der Waals surface area contributed by atoms with Gasteiger partial charge in [-0.15, -0.1) is 0 Å². The lowest BCUT2D eigenvalue weighted by Gasteiger charge is -2.08. The standard InChI is InChI=1S/C22H16Cl2IN3O3/c23-19-10-3-15(11-20(19)24)22(30)28-26-12-14-1-8-18(9-2-14)31-13-21(29)27-17-6-4-16(25)5-7-17/h1-12H,13H2,(H,27,29)(H,28,30)/b26-12-. The highest BCUT2D eigenvalue weighted by molar-refractivity contribution is 14.1. The number of amides is 2. The number of rotatable bonds is 7. The molecule has 2 amide bonds. The number of carbonyl (C=O) groups is 2. The van der Waals surface area contributed by atoms with E-state index in [1.54, 1.807) is 36.4 Å². The van der Waals surface area contributed by atoms with E-state index in [-0.39, 0.29) is 12.5 Å². The van der Waals surface area contributed by atoms with Crippen molar-refractivity contribution in [2.45, 2.75) is 0 Å². The molecule has 0 aliphatic heterocycles. The van der Waals surface area contributed by atoms with E-state index in [1.807, 2.05) is 24.3 Å². The molecule has 3 rings (SSSR count). The third kappa shape index (κ3) is 7.23. The Morgan fingerprint density at radius 2 is 1.68 bits per heavy atom. The van der Waals surface area contributed by atoms with E-state index in [4.69, 9.17) is 27.9 Å². The van der Waals surface area contributed by atoms with Gasteiger partial charge >= 0.3 is 0 Å². The van der Waals surface area contributed by atoms with Gasteiger partial charge < -0.3 is 10.1 Å². The van der Waals surface area contributed by atoms with Crippen LogP contribution in [-0.4, -0.2) is 24.6 Å². The summed E-state index contributed by atoms with van der Waals surface area (Å²) >= 11 is 13.9. The summed E-state index contributed by atoms with van der Waals surface area (Å²) in [6.07, 6.45) is 1.49. The van der Waals surface area contributed by atoms with Crippen LogP contribution in [0.15, 0.2) is 71.8 Å². The number of ether oxygens (including phenoxy) is 1. The molecule has 0 aliphatic carbocycles. The van der Waals surface area contributed by atoms with E-state index in [0.29, 0.717) is 27.0 Å². The maximum Gasteiger partial charge on any atom is 0.271 e. The van der Waals surface area contributed by atoms with E-state index in [9.17, 15) is 9.59 Å². The van der Waals surface area contributed by atoms with Crippen LogP contribution in [0.25, 0.3) is 0 Å². The maximum atomic E-state index is 12.1. The minimum Gasteiger partial charge on any atom is -0.484 e. The van der Waals surface area contributed by atoms with Crippen LogP contribution in [-0.2, 0) is 4.79 Å². The van der Waals surface area contributed by atoms with E-state index < -0.39 is 5.91 Å². The minimum atomic E-state index is -0.408. The summed E-state index contributed by atoms with van der Waals surface area (Å²) in [7, 11) is 0. The molecule has 0 saturated heterocycles. The molecule has 9 heteroatoms. The first-order valence-corrected chi connectivity index (χ1v) is 10.8. The number of halogens is 3. The second kappa shape index (κ2) is 11.1. The molecule has 2 N–H and O–H groups in total. The highest BCUT2D eigenvalue weighted by atomic mass is 127. The fraction of sp³-hybridized carbons (Fsp3) is 0.0455. The van der Waals surface area contributed by atoms with Gasteiger partial charge in [0.15, 0.2) is 6.61 Å². The van der Waals surface area contributed by atoms with Gasteiger partial charge in [0.1, 0.15) is 5.75 Å². The number of hydrogen-bond acceptors (Lipinski definition) is 4. The minimum absolute atomic E-state index is 0.112. The summed E-state index contributed by atoms with van der Waals surface area (Å²) < 4.78 is 6.58. The molecule has 3 aromatic rings. The third-order valence-corrected chi connectivity index (χ3v) is 5.40. The summed E-state index contributed by atoms with van der Waals surface area (Å²) in [6.45, 7) is -0.112. The van der Waals surface area contributed by atoms with Gasteiger partial charge in [-0.2, -0.15) is 5.10 Å². The molecule has 0 aromatic heterocycles. The Balaban J connectivity index is 1.47. The predicted octanol–water partition coefficient (Wildman–Crippen LogP) is 5.38. The lowest BCUT2D eigenvalue weighted by molar-refractivity contribution is -0.118. The second-order valence-electron chi connectivity index (χ2n) is 6.24. The van der Waals surface area contributed by atoms with Crippen LogP contribution >= 0.6 is 45.8 Å². The molecule has 0 heterocycles.